The van der Waals surface area contributed by atoms with Crippen molar-refractivity contribution < 1.29 is 0 Å². The summed E-state index contributed by atoms with van der Waals surface area (Å²) in [7, 11) is 0. The summed E-state index contributed by atoms with van der Waals surface area (Å²) in [5.41, 5.74) is 2.70. The minimum absolute atomic E-state index is 0.492. The number of hydrogen-bond acceptors (Lipinski definition) is 3. The van der Waals surface area contributed by atoms with Gasteiger partial charge in [0.2, 0.25) is 0 Å². The Kier molecular flexibility index (Phi) is 2.69. The molecule has 0 saturated heterocycles. The Morgan fingerprint density at radius 1 is 1.21 bits per heavy atom. The van der Waals surface area contributed by atoms with Crippen molar-refractivity contribution in [3.8, 4) is 17.5 Å². The molecule has 3 aromatic rings. The van der Waals surface area contributed by atoms with Gasteiger partial charge in [0.15, 0.2) is 11.5 Å². The average molecular weight is 269 g/mol. The molecule has 4 nitrogen and oxygen atoms in total. The van der Waals surface area contributed by atoms with Crippen LogP contribution in [0.3, 0.4) is 0 Å². The second-order valence-corrected chi connectivity index (χ2v) is 4.57. The van der Waals surface area contributed by atoms with E-state index in [9.17, 15) is 5.26 Å². The molecule has 2 aromatic heterocycles. The van der Waals surface area contributed by atoms with E-state index in [1.165, 1.54) is 0 Å². The fourth-order valence-electron chi connectivity index (χ4n) is 2.05. The van der Waals surface area contributed by atoms with Crippen LogP contribution in [0.2, 0.25) is 5.15 Å². The topological polar surface area (TPSA) is 54.0 Å². The zero-order chi connectivity index (χ0) is 13.4. The van der Waals surface area contributed by atoms with E-state index in [0.717, 1.165) is 11.1 Å². The van der Waals surface area contributed by atoms with Gasteiger partial charge in [-0.2, -0.15) is 5.26 Å². The number of pyridine rings is 1. The van der Waals surface area contributed by atoms with Crippen molar-refractivity contribution in [3.05, 3.63) is 52.7 Å². The van der Waals surface area contributed by atoms with E-state index in [2.05, 4.69) is 16.3 Å². The maximum Gasteiger partial charge on any atom is 0.180 e. The molecule has 2 heterocycles. The Hall–Kier alpha value is -2.38. The molecule has 0 atom stereocenters. The predicted molar refractivity (Wildman–Crippen MR) is 72.9 cm³/mol. The van der Waals surface area contributed by atoms with Crippen molar-refractivity contribution in [3.63, 3.8) is 0 Å². The van der Waals surface area contributed by atoms with Gasteiger partial charge in [-0.1, -0.05) is 41.9 Å². The molecule has 5 heteroatoms. The van der Waals surface area contributed by atoms with Crippen LogP contribution in [0, 0.1) is 18.3 Å². The molecular weight excluding hydrogens is 260 g/mol. The molecule has 0 saturated carbocycles. The maximum atomic E-state index is 9.21. The van der Waals surface area contributed by atoms with Gasteiger partial charge in [0.1, 0.15) is 16.8 Å². The molecule has 19 heavy (non-hydrogen) atoms. The number of rotatable bonds is 1. The van der Waals surface area contributed by atoms with Gasteiger partial charge in [-0.25, -0.2) is 0 Å². The van der Waals surface area contributed by atoms with Crippen LogP contribution in [0.15, 0.2) is 36.4 Å². The van der Waals surface area contributed by atoms with Crippen LogP contribution in [-0.4, -0.2) is 14.6 Å². The summed E-state index contributed by atoms with van der Waals surface area (Å²) >= 11 is 6.26. The molecule has 1 aromatic carbocycles. The highest BCUT2D eigenvalue weighted by Crippen LogP contribution is 2.26. The van der Waals surface area contributed by atoms with Gasteiger partial charge in [0.25, 0.3) is 0 Å². The molecule has 0 N–H and O–H groups in total. The lowest BCUT2D eigenvalue weighted by molar-refractivity contribution is 1.11. The summed E-state index contributed by atoms with van der Waals surface area (Å²) in [6, 6.07) is 13.5. The summed E-state index contributed by atoms with van der Waals surface area (Å²) in [6.45, 7) is 1.83. The molecule has 0 radical (unpaired) electrons. The van der Waals surface area contributed by atoms with Crippen molar-refractivity contribution >= 4 is 17.2 Å². The molecule has 92 valence electrons. The number of aromatic nitrogens is 3. The SMILES string of the molecule is Cc1cc(Cl)n2c(-c3ccccc3)nnc2c1C#N. The second kappa shape index (κ2) is 4.38. The van der Waals surface area contributed by atoms with Gasteiger partial charge in [-0.15, -0.1) is 10.2 Å². The second-order valence-electron chi connectivity index (χ2n) is 4.19. The molecule has 0 unspecified atom stereocenters. The first-order chi connectivity index (χ1) is 9.22. The average Bonchev–Trinajstić information content (AvgIpc) is 2.85. The van der Waals surface area contributed by atoms with Crippen molar-refractivity contribution in [1.29, 1.82) is 5.26 Å². The van der Waals surface area contributed by atoms with Crippen molar-refractivity contribution in [2.75, 3.05) is 0 Å². The van der Waals surface area contributed by atoms with Gasteiger partial charge >= 0.3 is 0 Å². The fraction of sp³-hybridized carbons (Fsp3) is 0.0714. The monoisotopic (exact) mass is 268 g/mol. The number of hydrogen-bond donors (Lipinski definition) is 0. The highest BCUT2D eigenvalue weighted by Gasteiger charge is 2.15. The van der Waals surface area contributed by atoms with E-state index in [-0.39, 0.29) is 0 Å². The summed E-state index contributed by atoms with van der Waals surface area (Å²) in [4.78, 5) is 0. The van der Waals surface area contributed by atoms with Crippen molar-refractivity contribution in [1.82, 2.24) is 14.6 Å². The quantitative estimate of drug-likeness (QED) is 0.637. The summed E-state index contributed by atoms with van der Waals surface area (Å²) in [6.07, 6.45) is 0. The zero-order valence-corrected chi connectivity index (χ0v) is 10.9. The van der Waals surface area contributed by atoms with Crippen LogP contribution in [0.25, 0.3) is 17.0 Å². The Bertz CT molecular complexity index is 800. The van der Waals surface area contributed by atoms with Crippen LogP contribution < -0.4 is 0 Å². The number of nitrogens with zero attached hydrogens (tertiary/aromatic N) is 4. The summed E-state index contributed by atoms with van der Waals surface area (Å²) < 4.78 is 1.70. The van der Waals surface area contributed by atoms with E-state index < -0.39 is 0 Å². The molecule has 0 fully saturated rings. The van der Waals surface area contributed by atoms with E-state index in [0.29, 0.717) is 22.2 Å². The first kappa shape index (κ1) is 11.7. The third-order valence-electron chi connectivity index (χ3n) is 2.97. The molecule has 0 aliphatic carbocycles. The third kappa shape index (κ3) is 1.76. The molecule has 0 aliphatic rings. The van der Waals surface area contributed by atoms with Gasteiger partial charge < -0.3 is 0 Å². The molecule has 3 rings (SSSR count). The molecule has 0 spiro atoms. The first-order valence-electron chi connectivity index (χ1n) is 5.72. The lowest BCUT2D eigenvalue weighted by atomic mass is 10.1. The standard InChI is InChI=1S/C14H9ClN4/c1-9-7-12(15)19-13(10-5-3-2-4-6-10)17-18-14(19)11(9)8-16/h2-7H,1H3. The number of nitriles is 1. The van der Waals surface area contributed by atoms with Crippen LogP contribution >= 0.6 is 11.6 Å². The van der Waals surface area contributed by atoms with E-state index in [1.807, 2.05) is 37.3 Å². The maximum absolute atomic E-state index is 9.21. The minimum atomic E-state index is 0.492. The third-order valence-corrected chi connectivity index (χ3v) is 3.25. The highest BCUT2D eigenvalue weighted by atomic mass is 35.5. The predicted octanol–water partition coefficient (Wildman–Crippen LogP) is 3.23. The van der Waals surface area contributed by atoms with Crippen molar-refractivity contribution in [2.24, 2.45) is 0 Å². The van der Waals surface area contributed by atoms with Gasteiger partial charge in [-0.3, -0.25) is 4.40 Å². The normalized spacial score (nSPS) is 10.6. The minimum Gasteiger partial charge on any atom is -0.264 e. The molecular formula is C14H9ClN4. The fourth-order valence-corrected chi connectivity index (χ4v) is 2.38. The van der Waals surface area contributed by atoms with Crippen LogP contribution in [0.1, 0.15) is 11.1 Å². The van der Waals surface area contributed by atoms with Crippen LogP contribution in [0.5, 0.6) is 0 Å². The van der Waals surface area contributed by atoms with Gasteiger partial charge in [0.05, 0.1) is 0 Å². The Labute approximate surface area is 114 Å². The van der Waals surface area contributed by atoms with Gasteiger partial charge in [0, 0.05) is 5.56 Å². The summed E-state index contributed by atoms with van der Waals surface area (Å²) in [5.74, 6) is 0.636. The number of aryl methyl sites for hydroxylation is 1. The van der Waals surface area contributed by atoms with Gasteiger partial charge in [-0.05, 0) is 18.6 Å². The number of fused-ring (bicyclic) bond motifs is 1. The Morgan fingerprint density at radius 3 is 2.63 bits per heavy atom. The van der Waals surface area contributed by atoms with Crippen LogP contribution in [0.4, 0.5) is 0 Å². The largest absolute Gasteiger partial charge is 0.264 e. The number of benzene rings is 1. The Morgan fingerprint density at radius 2 is 1.95 bits per heavy atom. The highest BCUT2D eigenvalue weighted by molar-refractivity contribution is 6.30. The Balaban J connectivity index is 2.40. The van der Waals surface area contributed by atoms with Crippen molar-refractivity contribution in [2.45, 2.75) is 6.92 Å². The van der Waals surface area contributed by atoms with E-state index in [4.69, 9.17) is 11.6 Å². The first-order valence-corrected chi connectivity index (χ1v) is 6.10. The van der Waals surface area contributed by atoms with E-state index in [1.54, 1.807) is 10.5 Å². The smallest absolute Gasteiger partial charge is 0.180 e. The molecule has 0 aliphatic heterocycles. The number of halogens is 1. The lowest BCUT2D eigenvalue weighted by Gasteiger charge is -2.05. The lowest BCUT2D eigenvalue weighted by Crippen LogP contribution is -1.96. The molecule has 0 amide bonds. The van der Waals surface area contributed by atoms with E-state index >= 15 is 0 Å². The van der Waals surface area contributed by atoms with Crippen LogP contribution in [-0.2, 0) is 0 Å². The summed E-state index contributed by atoms with van der Waals surface area (Å²) in [5, 5.41) is 18.0. The molecule has 0 bridgehead atoms. The zero-order valence-electron chi connectivity index (χ0n) is 10.1.